The fourth-order valence-electron chi connectivity index (χ4n) is 6.56. The fraction of sp³-hybridized carbons (Fsp3) is 0.783. The van der Waals surface area contributed by atoms with Gasteiger partial charge >= 0.3 is 5.97 Å². The third-order valence-electron chi connectivity index (χ3n) is 8.72. The van der Waals surface area contributed by atoms with Crippen LogP contribution in [0.1, 0.15) is 66.7 Å². The second-order valence-corrected chi connectivity index (χ2v) is 9.84. The Kier molecular flexibility index (Phi) is 4.92. The van der Waals surface area contributed by atoms with Gasteiger partial charge in [-0.2, -0.15) is 0 Å². The highest BCUT2D eigenvalue weighted by Crippen LogP contribution is 2.65. The van der Waals surface area contributed by atoms with Gasteiger partial charge in [0.15, 0.2) is 0 Å². The van der Waals surface area contributed by atoms with Gasteiger partial charge in [0.25, 0.3) is 0 Å². The lowest BCUT2D eigenvalue weighted by atomic mass is 9.40. The minimum Gasteiger partial charge on any atom is -0.462 e. The molecule has 0 radical (unpaired) electrons. The van der Waals surface area contributed by atoms with E-state index in [1.54, 1.807) is 0 Å². The van der Waals surface area contributed by atoms with E-state index < -0.39 is 0 Å². The zero-order valence-electron chi connectivity index (χ0n) is 17.6. The second-order valence-electron chi connectivity index (χ2n) is 9.84. The lowest BCUT2D eigenvalue weighted by Gasteiger charge is -2.68. The molecule has 0 aromatic heterocycles. The molecule has 0 amide bonds. The second kappa shape index (κ2) is 6.51. The van der Waals surface area contributed by atoms with Gasteiger partial charge in [0.2, 0.25) is 0 Å². The number of carbonyl (C=O) groups excluding carboxylic acids is 1. The quantitative estimate of drug-likeness (QED) is 0.443. The summed E-state index contributed by atoms with van der Waals surface area (Å²) in [4.78, 5) is 12.0. The fourth-order valence-corrected chi connectivity index (χ4v) is 6.56. The number of esters is 1. The van der Waals surface area contributed by atoms with Crippen molar-refractivity contribution in [1.29, 1.82) is 0 Å². The summed E-state index contributed by atoms with van der Waals surface area (Å²) >= 11 is 0. The Morgan fingerprint density at radius 3 is 2.54 bits per heavy atom. The van der Waals surface area contributed by atoms with E-state index in [1.807, 2.05) is 0 Å². The molecule has 1 heterocycles. The highest BCUT2D eigenvalue weighted by Gasteiger charge is 2.64. The van der Waals surface area contributed by atoms with Gasteiger partial charge in [0.05, 0.1) is 6.61 Å². The Bertz CT molecular complexity index is 634. The maximum absolute atomic E-state index is 12.0. The molecule has 2 aliphatic carbocycles. The molecule has 146 valence electrons. The van der Waals surface area contributed by atoms with E-state index in [1.165, 1.54) is 18.4 Å². The van der Waals surface area contributed by atoms with Crippen LogP contribution in [0, 0.1) is 28.6 Å². The van der Waals surface area contributed by atoms with E-state index in [-0.39, 0.29) is 28.3 Å². The molecule has 3 heteroatoms. The smallest absolute Gasteiger partial charge is 0.334 e. The zero-order valence-corrected chi connectivity index (χ0v) is 17.6. The largest absolute Gasteiger partial charge is 0.462 e. The molecule has 0 aromatic carbocycles. The van der Waals surface area contributed by atoms with Gasteiger partial charge in [-0.15, -0.1) is 0 Å². The van der Waals surface area contributed by atoms with Crippen molar-refractivity contribution in [3.05, 3.63) is 23.8 Å². The number of nitrogens with one attached hydrogen (secondary N) is 1. The van der Waals surface area contributed by atoms with E-state index in [0.717, 1.165) is 24.8 Å². The SMILES string of the molecule is C=C1CC[C@]2(NC)C(C)(C)[C@H](C)CC[C@@]2(C)[C@@H]1C/C=C1/C(=O)OC[C@H]1C. The van der Waals surface area contributed by atoms with Crippen LogP contribution in [0.25, 0.3) is 0 Å². The number of hydrogen-bond acceptors (Lipinski definition) is 3. The van der Waals surface area contributed by atoms with Gasteiger partial charge in [0.1, 0.15) is 0 Å². The molecule has 1 saturated heterocycles. The number of hydrogen-bond donors (Lipinski definition) is 1. The van der Waals surface area contributed by atoms with E-state index in [0.29, 0.717) is 18.4 Å². The maximum Gasteiger partial charge on any atom is 0.334 e. The Hall–Kier alpha value is -1.09. The number of cyclic esters (lactones) is 1. The summed E-state index contributed by atoms with van der Waals surface area (Å²) in [5.41, 5.74) is 2.70. The molecule has 0 aromatic rings. The summed E-state index contributed by atoms with van der Waals surface area (Å²) in [6.45, 7) is 16.9. The highest BCUT2D eigenvalue weighted by atomic mass is 16.5. The van der Waals surface area contributed by atoms with Crippen LogP contribution in [0.5, 0.6) is 0 Å². The first-order valence-corrected chi connectivity index (χ1v) is 10.3. The Labute approximate surface area is 159 Å². The topological polar surface area (TPSA) is 38.3 Å². The summed E-state index contributed by atoms with van der Waals surface area (Å²) < 4.78 is 5.22. The van der Waals surface area contributed by atoms with Crippen molar-refractivity contribution in [2.75, 3.05) is 13.7 Å². The van der Waals surface area contributed by atoms with E-state index in [9.17, 15) is 4.79 Å². The molecule has 3 nitrogen and oxygen atoms in total. The van der Waals surface area contributed by atoms with Crippen molar-refractivity contribution >= 4 is 5.97 Å². The number of allylic oxidation sites excluding steroid dienone is 2. The van der Waals surface area contributed by atoms with Gasteiger partial charge in [-0.05, 0) is 61.8 Å². The van der Waals surface area contributed by atoms with Crippen molar-refractivity contribution in [2.45, 2.75) is 72.3 Å². The van der Waals surface area contributed by atoms with Crippen LogP contribution in [-0.4, -0.2) is 25.2 Å². The third-order valence-corrected chi connectivity index (χ3v) is 8.72. The molecular formula is C23H37NO2. The van der Waals surface area contributed by atoms with Crippen molar-refractivity contribution < 1.29 is 9.53 Å². The Morgan fingerprint density at radius 1 is 1.27 bits per heavy atom. The van der Waals surface area contributed by atoms with Crippen LogP contribution in [0.4, 0.5) is 0 Å². The first kappa shape index (κ1) is 19.7. The average Bonchev–Trinajstić information content (AvgIpc) is 2.90. The molecule has 26 heavy (non-hydrogen) atoms. The van der Waals surface area contributed by atoms with Crippen LogP contribution in [0.15, 0.2) is 23.8 Å². The molecule has 2 saturated carbocycles. The van der Waals surface area contributed by atoms with Crippen LogP contribution >= 0.6 is 0 Å². The lowest BCUT2D eigenvalue weighted by molar-refractivity contribution is -0.135. The Morgan fingerprint density at radius 2 is 1.96 bits per heavy atom. The monoisotopic (exact) mass is 359 g/mol. The molecule has 0 bridgehead atoms. The van der Waals surface area contributed by atoms with Crippen molar-refractivity contribution in [2.24, 2.45) is 28.6 Å². The van der Waals surface area contributed by atoms with Gasteiger partial charge in [0, 0.05) is 17.0 Å². The first-order chi connectivity index (χ1) is 12.1. The van der Waals surface area contributed by atoms with Crippen molar-refractivity contribution in [3.8, 4) is 0 Å². The van der Waals surface area contributed by atoms with Crippen LogP contribution < -0.4 is 5.32 Å². The molecule has 0 spiro atoms. The van der Waals surface area contributed by atoms with Crippen LogP contribution in [-0.2, 0) is 9.53 Å². The number of fused-ring (bicyclic) bond motifs is 1. The molecule has 3 aliphatic rings. The first-order valence-electron chi connectivity index (χ1n) is 10.3. The molecule has 1 N–H and O–H groups in total. The number of carbonyl (C=O) groups is 1. The Balaban J connectivity index is 1.98. The van der Waals surface area contributed by atoms with Crippen LogP contribution in [0.3, 0.4) is 0 Å². The highest BCUT2D eigenvalue weighted by molar-refractivity contribution is 5.90. The minimum absolute atomic E-state index is 0.101. The summed E-state index contributed by atoms with van der Waals surface area (Å²) in [5, 5.41) is 3.82. The van der Waals surface area contributed by atoms with E-state index in [4.69, 9.17) is 4.74 Å². The van der Waals surface area contributed by atoms with Crippen molar-refractivity contribution in [1.82, 2.24) is 5.32 Å². The summed E-state index contributed by atoms with van der Waals surface area (Å²) in [7, 11) is 2.15. The predicted molar refractivity (Wildman–Crippen MR) is 107 cm³/mol. The van der Waals surface area contributed by atoms with Gasteiger partial charge in [-0.25, -0.2) is 4.79 Å². The average molecular weight is 360 g/mol. The summed E-state index contributed by atoms with van der Waals surface area (Å²) in [6, 6.07) is 0. The molecule has 3 rings (SSSR count). The third kappa shape index (κ3) is 2.53. The normalized spacial score (nSPS) is 44.1. The van der Waals surface area contributed by atoms with Crippen molar-refractivity contribution in [3.63, 3.8) is 0 Å². The maximum atomic E-state index is 12.0. The molecular weight excluding hydrogens is 322 g/mol. The number of rotatable bonds is 3. The van der Waals surface area contributed by atoms with Gasteiger partial charge in [-0.1, -0.05) is 52.8 Å². The molecule has 3 fully saturated rings. The molecule has 1 aliphatic heterocycles. The van der Waals surface area contributed by atoms with Gasteiger partial charge < -0.3 is 10.1 Å². The summed E-state index contributed by atoms with van der Waals surface area (Å²) in [5.74, 6) is 1.19. The lowest BCUT2D eigenvalue weighted by Crippen LogP contribution is -2.71. The van der Waals surface area contributed by atoms with E-state index in [2.05, 4.69) is 59.6 Å². The zero-order chi connectivity index (χ0) is 19.3. The van der Waals surface area contributed by atoms with Gasteiger partial charge in [-0.3, -0.25) is 0 Å². The molecule has 5 atom stereocenters. The number of ether oxygens (including phenoxy) is 1. The van der Waals surface area contributed by atoms with E-state index >= 15 is 0 Å². The minimum atomic E-state index is -0.124. The summed E-state index contributed by atoms with van der Waals surface area (Å²) in [6.07, 6.45) is 7.76. The molecule has 0 unspecified atom stereocenters. The predicted octanol–water partition coefficient (Wildman–Crippen LogP) is 4.88. The van der Waals surface area contributed by atoms with Crippen LogP contribution in [0.2, 0.25) is 0 Å². The standard InChI is InChI=1S/C23H37NO2/c1-15-10-13-23(24-7)21(4,5)17(3)11-12-22(23,6)19(15)9-8-18-16(2)14-26-20(18)25/h8,16-17,19,24H,1,9-14H2,2-7H3/b18-8+/t16-,17-,19-,22+,23+/m1/s1.